The second-order valence-electron chi connectivity index (χ2n) is 5.10. The second kappa shape index (κ2) is 5.65. The van der Waals surface area contributed by atoms with Gasteiger partial charge in [-0.3, -0.25) is 4.90 Å². The van der Waals surface area contributed by atoms with Crippen molar-refractivity contribution < 1.29 is 5.11 Å². The van der Waals surface area contributed by atoms with Gasteiger partial charge in [0, 0.05) is 25.8 Å². The van der Waals surface area contributed by atoms with Crippen LogP contribution >= 0.6 is 0 Å². The lowest BCUT2D eigenvalue weighted by Crippen LogP contribution is -2.25. The molecule has 1 N–H and O–H groups in total. The minimum absolute atomic E-state index is 0.180. The van der Waals surface area contributed by atoms with E-state index in [1.165, 1.54) is 5.69 Å². The van der Waals surface area contributed by atoms with Crippen LogP contribution in [-0.4, -0.2) is 38.8 Å². The Labute approximate surface area is 103 Å². The van der Waals surface area contributed by atoms with E-state index in [0.717, 1.165) is 39.0 Å². The summed E-state index contributed by atoms with van der Waals surface area (Å²) in [5, 5.41) is 9.59. The molecule has 2 atom stereocenters. The number of likely N-dealkylation sites (tertiary alicyclic amines) is 1. The van der Waals surface area contributed by atoms with Crippen molar-refractivity contribution in [2.45, 2.75) is 45.9 Å². The molecule has 2 heterocycles. The van der Waals surface area contributed by atoms with Crippen molar-refractivity contribution in [3.63, 3.8) is 0 Å². The van der Waals surface area contributed by atoms with Gasteiger partial charge in [-0.05, 0) is 32.2 Å². The van der Waals surface area contributed by atoms with Crippen molar-refractivity contribution >= 4 is 0 Å². The van der Waals surface area contributed by atoms with Crippen LogP contribution in [-0.2, 0) is 13.1 Å². The SMILES string of the molecule is CCCn1cncc1CN1CCC(C(C)O)C1. The van der Waals surface area contributed by atoms with Gasteiger partial charge in [0.15, 0.2) is 0 Å². The first kappa shape index (κ1) is 12.6. The lowest BCUT2D eigenvalue weighted by atomic mass is 10.0. The van der Waals surface area contributed by atoms with E-state index in [4.69, 9.17) is 0 Å². The Bertz CT molecular complexity index is 348. The van der Waals surface area contributed by atoms with E-state index in [1.54, 1.807) is 0 Å². The Hall–Kier alpha value is -0.870. The highest BCUT2D eigenvalue weighted by Crippen LogP contribution is 2.21. The average Bonchev–Trinajstić information content (AvgIpc) is 2.90. The molecule has 0 saturated carbocycles. The molecule has 0 aliphatic carbocycles. The van der Waals surface area contributed by atoms with Gasteiger partial charge in [-0.25, -0.2) is 4.98 Å². The topological polar surface area (TPSA) is 41.3 Å². The number of aliphatic hydroxyl groups excluding tert-OH is 1. The van der Waals surface area contributed by atoms with Crippen molar-refractivity contribution in [1.82, 2.24) is 14.5 Å². The average molecular weight is 237 g/mol. The van der Waals surface area contributed by atoms with Crippen LogP contribution in [0.1, 0.15) is 32.4 Å². The van der Waals surface area contributed by atoms with Gasteiger partial charge in [0.2, 0.25) is 0 Å². The molecule has 1 aliphatic rings. The lowest BCUT2D eigenvalue weighted by Gasteiger charge is -2.18. The van der Waals surface area contributed by atoms with Crippen LogP contribution in [0.3, 0.4) is 0 Å². The number of hydrogen-bond donors (Lipinski definition) is 1. The molecule has 2 unspecified atom stereocenters. The maximum atomic E-state index is 9.59. The fourth-order valence-electron chi connectivity index (χ4n) is 2.55. The molecule has 1 aliphatic heterocycles. The van der Waals surface area contributed by atoms with E-state index in [9.17, 15) is 5.11 Å². The highest BCUT2D eigenvalue weighted by molar-refractivity contribution is 4.99. The predicted octanol–water partition coefficient (Wildman–Crippen LogP) is 1.50. The van der Waals surface area contributed by atoms with E-state index in [2.05, 4.69) is 21.4 Å². The van der Waals surface area contributed by atoms with E-state index < -0.39 is 0 Å². The van der Waals surface area contributed by atoms with Crippen LogP contribution in [0.4, 0.5) is 0 Å². The molecule has 2 rings (SSSR count). The Morgan fingerprint density at radius 1 is 1.59 bits per heavy atom. The maximum Gasteiger partial charge on any atom is 0.0948 e. The summed E-state index contributed by atoms with van der Waals surface area (Å²) in [6, 6.07) is 0. The summed E-state index contributed by atoms with van der Waals surface area (Å²) in [5.74, 6) is 0.442. The summed E-state index contributed by atoms with van der Waals surface area (Å²) < 4.78 is 2.23. The van der Waals surface area contributed by atoms with Crippen molar-refractivity contribution in [3.05, 3.63) is 18.2 Å². The summed E-state index contributed by atoms with van der Waals surface area (Å²) in [4.78, 5) is 6.64. The summed E-state index contributed by atoms with van der Waals surface area (Å²) in [6.45, 7) is 8.19. The fourth-order valence-corrected chi connectivity index (χ4v) is 2.55. The number of hydrogen-bond acceptors (Lipinski definition) is 3. The summed E-state index contributed by atoms with van der Waals surface area (Å²) >= 11 is 0. The number of aromatic nitrogens is 2. The van der Waals surface area contributed by atoms with Gasteiger partial charge in [0.1, 0.15) is 0 Å². The molecule has 1 aromatic heterocycles. The van der Waals surface area contributed by atoms with Crippen LogP contribution in [0.25, 0.3) is 0 Å². The van der Waals surface area contributed by atoms with Gasteiger partial charge in [-0.15, -0.1) is 0 Å². The molecule has 1 fully saturated rings. The Balaban J connectivity index is 1.91. The summed E-state index contributed by atoms with van der Waals surface area (Å²) in [6.07, 6.45) is 5.95. The van der Waals surface area contributed by atoms with Crippen LogP contribution in [0, 0.1) is 5.92 Å². The molecule has 0 amide bonds. The molecule has 1 aromatic rings. The molecular formula is C13H23N3O. The van der Waals surface area contributed by atoms with E-state index in [-0.39, 0.29) is 6.10 Å². The zero-order valence-electron chi connectivity index (χ0n) is 10.8. The fraction of sp³-hybridized carbons (Fsp3) is 0.769. The maximum absolute atomic E-state index is 9.59. The number of imidazole rings is 1. The quantitative estimate of drug-likeness (QED) is 0.843. The van der Waals surface area contributed by atoms with Gasteiger partial charge in [-0.2, -0.15) is 0 Å². The second-order valence-corrected chi connectivity index (χ2v) is 5.10. The first-order chi connectivity index (χ1) is 8.20. The molecule has 4 heteroatoms. The first-order valence-electron chi connectivity index (χ1n) is 6.60. The van der Waals surface area contributed by atoms with Gasteiger partial charge in [-0.1, -0.05) is 6.92 Å². The summed E-state index contributed by atoms with van der Waals surface area (Å²) in [5.41, 5.74) is 1.29. The minimum atomic E-state index is -0.180. The van der Waals surface area contributed by atoms with Gasteiger partial charge >= 0.3 is 0 Å². The van der Waals surface area contributed by atoms with E-state index >= 15 is 0 Å². The Morgan fingerprint density at radius 2 is 2.41 bits per heavy atom. The van der Waals surface area contributed by atoms with Crippen LogP contribution in [0.15, 0.2) is 12.5 Å². The van der Waals surface area contributed by atoms with Crippen molar-refractivity contribution in [1.29, 1.82) is 0 Å². The van der Waals surface area contributed by atoms with Crippen molar-refractivity contribution in [3.8, 4) is 0 Å². The van der Waals surface area contributed by atoms with Gasteiger partial charge in [0.25, 0.3) is 0 Å². The third-order valence-corrected chi connectivity index (χ3v) is 3.64. The van der Waals surface area contributed by atoms with Crippen LogP contribution in [0.5, 0.6) is 0 Å². The molecule has 0 radical (unpaired) electrons. The number of aliphatic hydroxyl groups is 1. The first-order valence-corrected chi connectivity index (χ1v) is 6.60. The van der Waals surface area contributed by atoms with Crippen LogP contribution < -0.4 is 0 Å². The van der Waals surface area contributed by atoms with Gasteiger partial charge in [0.05, 0.1) is 18.1 Å². The summed E-state index contributed by atoms with van der Waals surface area (Å²) in [7, 11) is 0. The largest absolute Gasteiger partial charge is 0.393 e. The molecule has 96 valence electrons. The molecular weight excluding hydrogens is 214 g/mol. The van der Waals surface area contributed by atoms with Crippen molar-refractivity contribution in [2.75, 3.05) is 13.1 Å². The normalized spacial score (nSPS) is 23.1. The third kappa shape index (κ3) is 3.07. The smallest absolute Gasteiger partial charge is 0.0948 e. The zero-order valence-corrected chi connectivity index (χ0v) is 10.8. The molecule has 0 aromatic carbocycles. The Morgan fingerprint density at radius 3 is 3.06 bits per heavy atom. The van der Waals surface area contributed by atoms with E-state index in [1.807, 2.05) is 19.4 Å². The molecule has 1 saturated heterocycles. The monoisotopic (exact) mass is 237 g/mol. The predicted molar refractivity (Wildman–Crippen MR) is 67.6 cm³/mol. The van der Waals surface area contributed by atoms with Gasteiger partial charge < -0.3 is 9.67 Å². The minimum Gasteiger partial charge on any atom is -0.393 e. The molecule has 17 heavy (non-hydrogen) atoms. The van der Waals surface area contributed by atoms with E-state index in [0.29, 0.717) is 5.92 Å². The van der Waals surface area contributed by atoms with Crippen LogP contribution in [0.2, 0.25) is 0 Å². The highest BCUT2D eigenvalue weighted by Gasteiger charge is 2.26. The molecule has 4 nitrogen and oxygen atoms in total. The molecule has 0 spiro atoms. The van der Waals surface area contributed by atoms with Crippen molar-refractivity contribution in [2.24, 2.45) is 5.92 Å². The molecule has 0 bridgehead atoms. The number of aryl methyl sites for hydroxylation is 1. The lowest BCUT2D eigenvalue weighted by molar-refractivity contribution is 0.127. The number of rotatable bonds is 5. The number of nitrogens with zero attached hydrogens (tertiary/aromatic N) is 3. The Kier molecular flexibility index (Phi) is 4.18. The zero-order chi connectivity index (χ0) is 12.3. The standard InChI is InChI=1S/C13H23N3O/c1-3-5-16-10-14-7-13(16)9-15-6-4-12(8-15)11(2)17/h7,10-12,17H,3-6,8-9H2,1-2H3. The highest BCUT2D eigenvalue weighted by atomic mass is 16.3. The third-order valence-electron chi connectivity index (χ3n) is 3.64.